The van der Waals surface area contributed by atoms with Crippen molar-refractivity contribution < 1.29 is 5.11 Å². The van der Waals surface area contributed by atoms with Gasteiger partial charge in [0.1, 0.15) is 0 Å². The lowest BCUT2D eigenvalue weighted by atomic mass is 9.46. The number of hydrogen-bond acceptors (Lipinski definition) is 1. The first-order valence-corrected chi connectivity index (χ1v) is 8.88. The topological polar surface area (TPSA) is 20.2 Å². The molecule has 0 spiro atoms. The van der Waals surface area contributed by atoms with Crippen LogP contribution in [0.1, 0.15) is 71.1 Å². The Balaban J connectivity index is 1.67. The summed E-state index contributed by atoms with van der Waals surface area (Å²) in [5.74, 6) is 4.30. The summed E-state index contributed by atoms with van der Waals surface area (Å²) in [5, 5.41) is 10.9. The maximum atomic E-state index is 10.9. The van der Waals surface area contributed by atoms with E-state index in [1.54, 1.807) is 0 Å². The minimum Gasteiger partial charge on any atom is -0.393 e. The van der Waals surface area contributed by atoms with Gasteiger partial charge in [0.05, 0.1) is 6.10 Å². The summed E-state index contributed by atoms with van der Waals surface area (Å²) in [6.45, 7) is 2.55. The summed E-state index contributed by atoms with van der Waals surface area (Å²) in [6.07, 6.45) is 14.1. The fourth-order valence-corrected chi connectivity index (χ4v) is 6.99. The predicted molar refractivity (Wildman–Crippen MR) is 77.7 cm³/mol. The van der Waals surface area contributed by atoms with Crippen molar-refractivity contribution in [3.63, 3.8) is 0 Å². The van der Waals surface area contributed by atoms with E-state index in [0.29, 0.717) is 11.3 Å². The molecular weight excluding hydrogens is 232 g/mol. The van der Waals surface area contributed by atoms with Gasteiger partial charge in [-0.3, -0.25) is 0 Å². The van der Waals surface area contributed by atoms with E-state index in [9.17, 15) is 5.11 Å². The zero-order valence-corrected chi connectivity index (χ0v) is 12.5. The summed E-state index contributed by atoms with van der Waals surface area (Å²) in [5.41, 5.74) is 0.480. The maximum Gasteiger partial charge on any atom is 0.0579 e. The second-order valence-corrected chi connectivity index (χ2v) is 8.37. The lowest BCUT2D eigenvalue weighted by Crippen LogP contribution is -2.55. The molecular formula is C18H30O. The molecule has 0 aromatic rings. The molecule has 0 saturated heterocycles. The van der Waals surface area contributed by atoms with E-state index in [1.807, 2.05) is 0 Å². The van der Waals surface area contributed by atoms with Crippen molar-refractivity contribution in [2.45, 2.75) is 77.2 Å². The van der Waals surface area contributed by atoms with Crippen LogP contribution in [0.2, 0.25) is 0 Å². The van der Waals surface area contributed by atoms with Crippen LogP contribution >= 0.6 is 0 Å². The molecule has 108 valence electrons. The molecule has 4 fully saturated rings. The molecule has 0 aromatic carbocycles. The van der Waals surface area contributed by atoms with E-state index in [1.165, 1.54) is 57.8 Å². The highest BCUT2D eigenvalue weighted by Gasteiger charge is 2.57. The Morgan fingerprint density at radius 2 is 1.79 bits per heavy atom. The third-order valence-corrected chi connectivity index (χ3v) is 7.75. The minimum atomic E-state index is 0.0234. The molecule has 0 heterocycles. The van der Waals surface area contributed by atoms with Crippen LogP contribution in [0.4, 0.5) is 0 Å². The quantitative estimate of drug-likeness (QED) is 0.686. The summed E-state index contributed by atoms with van der Waals surface area (Å²) >= 11 is 0. The SMILES string of the molecule is CC12CCCCC1CCC1C3CCCC3C[C@H](O)C12. The number of fused-ring (bicyclic) bond motifs is 5. The van der Waals surface area contributed by atoms with Gasteiger partial charge in [0.25, 0.3) is 0 Å². The van der Waals surface area contributed by atoms with Crippen molar-refractivity contribution in [1.82, 2.24) is 0 Å². The molecule has 0 aromatic heterocycles. The van der Waals surface area contributed by atoms with Gasteiger partial charge in [-0.25, -0.2) is 0 Å². The van der Waals surface area contributed by atoms with Gasteiger partial charge >= 0.3 is 0 Å². The molecule has 0 aliphatic heterocycles. The first-order valence-electron chi connectivity index (χ1n) is 8.88. The molecule has 6 unspecified atom stereocenters. The van der Waals surface area contributed by atoms with Crippen molar-refractivity contribution in [3.05, 3.63) is 0 Å². The zero-order valence-electron chi connectivity index (χ0n) is 12.5. The van der Waals surface area contributed by atoms with Crippen LogP contribution in [0.3, 0.4) is 0 Å². The molecule has 19 heavy (non-hydrogen) atoms. The third kappa shape index (κ3) is 1.76. The highest BCUT2D eigenvalue weighted by atomic mass is 16.3. The molecule has 4 saturated carbocycles. The highest BCUT2D eigenvalue weighted by Crippen LogP contribution is 2.62. The van der Waals surface area contributed by atoms with Crippen LogP contribution in [0.15, 0.2) is 0 Å². The Kier molecular flexibility index (Phi) is 2.99. The number of aliphatic hydroxyl groups excluding tert-OH is 1. The maximum absolute atomic E-state index is 10.9. The van der Waals surface area contributed by atoms with E-state index in [0.717, 1.165) is 30.1 Å². The molecule has 0 bridgehead atoms. The number of rotatable bonds is 0. The summed E-state index contributed by atoms with van der Waals surface area (Å²) in [4.78, 5) is 0. The van der Waals surface area contributed by atoms with Crippen molar-refractivity contribution in [2.75, 3.05) is 0 Å². The average Bonchev–Trinajstić information content (AvgIpc) is 2.85. The number of aliphatic hydroxyl groups is 1. The second kappa shape index (κ2) is 4.48. The van der Waals surface area contributed by atoms with Gasteiger partial charge in [-0.1, -0.05) is 32.6 Å². The molecule has 1 heteroatoms. The van der Waals surface area contributed by atoms with Crippen LogP contribution < -0.4 is 0 Å². The second-order valence-electron chi connectivity index (χ2n) is 8.37. The van der Waals surface area contributed by atoms with Crippen LogP contribution in [0, 0.1) is 35.0 Å². The van der Waals surface area contributed by atoms with Crippen LogP contribution in [-0.4, -0.2) is 11.2 Å². The first-order chi connectivity index (χ1) is 9.20. The van der Waals surface area contributed by atoms with Gasteiger partial charge in [-0.15, -0.1) is 0 Å². The lowest BCUT2D eigenvalue weighted by Gasteiger charge is -2.59. The van der Waals surface area contributed by atoms with E-state index in [2.05, 4.69) is 6.92 Å². The normalized spacial score (nSPS) is 57.2. The Bertz CT molecular complexity index is 352. The zero-order chi connectivity index (χ0) is 13.0. The Labute approximate surface area is 118 Å². The molecule has 1 nitrogen and oxygen atoms in total. The predicted octanol–water partition coefficient (Wildman–Crippen LogP) is 4.39. The lowest BCUT2D eigenvalue weighted by molar-refractivity contribution is -0.143. The Morgan fingerprint density at radius 3 is 2.68 bits per heavy atom. The van der Waals surface area contributed by atoms with E-state index in [4.69, 9.17) is 0 Å². The van der Waals surface area contributed by atoms with Gasteiger partial charge in [-0.2, -0.15) is 0 Å². The number of hydrogen-bond donors (Lipinski definition) is 1. The molecule has 4 rings (SSSR count). The van der Waals surface area contributed by atoms with E-state index >= 15 is 0 Å². The van der Waals surface area contributed by atoms with Crippen molar-refractivity contribution in [2.24, 2.45) is 35.0 Å². The van der Waals surface area contributed by atoms with Gasteiger partial charge < -0.3 is 5.11 Å². The van der Waals surface area contributed by atoms with Crippen LogP contribution in [0.5, 0.6) is 0 Å². The highest BCUT2D eigenvalue weighted by molar-refractivity contribution is 5.06. The smallest absolute Gasteiger partial charge is 0.0579 e. The molecule has 0 radical (unpaired) electrons. The Hall–Kier alpha value is -0.0400. The minimum absolute atomic E-state index is 0.0234. The molecule has 4 aliphatic carbocycles. The summed E-state index contributed by atoms with van der Waals surface area (Å²) < 4.78 is 0. The molecule has 1 N–H and O–H groups in total. The van der Waals surface area contributed by atoms with Gasteiger partial charge in [0.15, 0.2) is 0 Å². The summed E-state index contributed by atoms with van der Waals surface area (Å²) in [6, 6.07) is 0. The molecule has 0 amide bonds. The molecule has 7 atom stereocenters. The third-order valence-electron chi connectivity index (χ3n) is 7.75. The van der Waals surface area contributed by atoms with Crippen LogP contribution in [0.25, 0.3) is 0 Å². The van der Waals surface area contributed by atoms with Gasteiger partial charge in [0.2, 0.25) is 0 Å². The van der Waals surface area contributed by atoms with Gasteiger partial charge in [0, 0.05) is 0 Å². The largest absolute Gasteiger partial charge is 0.393 e. The average molecular weight is 262 g/mol. The van der Waals surface area contributed by atoms with Crippen molar-refractivity contribution >= 4 is 0 Å². The molecule has 4 aliphatic rings. The van der Waals surface area contributed by atoms with Crippen molar-refractivity contribution in [1.29, 1.82) is 0 Å². The fourth-order valence-electron chi connectivity index (χ4n) is 6.99. The Morgan fingerprint density at radius 1 is 0.895 bits per heavy atom. The van der Waals surface area contributed by atoms with Gasteiger partial charge in [-0.05, 0) is 73.5 Å². The fraction of sp³-hybridized carbons (Fsp3) is 1.00. The van der Waals surface area contributed by atoms with Crippen molar-refractivity contribution in [3.8, 4) is 0 Å². The standard InChI is InChI=1S/C18H30O/c1-18-10-3-2-6-13(18)8-9-15-14-7-4-5-12(14)11-16(19)17(15)18/h12-17,19H,2-11H2,1H3/t12?,13?,14?,15?,16-,17?,18?/m0/s1. The monoisotopic (exact) mass is 262 g/mol. The van der Waals surface area contributed by atoms with E-state index in [-0.39, 0.29) is 6.10 Å². The summed E-state index contributed by atoms with van der Waals surface area (Å²) in [7, 11) is 0. The van der Waals surface area contributed by atoms with Crippen LogP contribution in [-0.2, 0) is 0 Å². The first kappa shape index (κ1) is 12.7. The van der Waals surface area contributed by atoms with E-state index < -0.39 is 0 Å².